The number of anilines is 2. The van der Waals surface area contributed by atoms with Crippen molar-refractivity contribution in [3.05, 3.63) is 89.7 Å². The normalized spacial score (nSPS) is 13.7. The fourth-order valence-corrected chi connectivity index (χ4v) is 4.63. The molecule has 1 fully saturated rings. The van der Waals surface area contributed by atoms with Crippen LogP contribution in [0.1, 0.15) is 33.6 Å². The molecule has 0 bridgehead atoms. The maximum atomic E-state index is 13.6. The summed E-state index contributed by atoms with van der Waals surface area (Å²) in [4.78, 5) is 41.4. The van der Waals surface area contributed by atoms with E-state index in [9.17, 15) is 18.8 Å². The van der Waals surface area contributed by atoms with Gasteiger partial charge >= 0.3 is 6.03 Å². The standard InChI is InChI=1S/C29H31FN4O4.ClH/c1-38-26-4-2-3-25(19-26)34(28(36)22-7-11-24(12-8-22)32-29(31)37)18-17-33-15-13-21(14-16-33)27(35)20-5-9-23(30)10-6-20;/h2-12,19,21H,13-18H2,1H3,(H3,31,32,37);1H. The number of carbonyl (C=O) groups is 3. The summed E-state index contributed by atoms with van der Waals surface area (Å²) in [7, 11) is 1.58. The molecule has 0 aromatic heterocycles. The van der Waals surface area contributed by atoms with Crippen LogP contribution in [-0.4, -0.2) is 55.9 Å². The molecule has 3 N–H and O–H groups in total. The highest BCUT2D eigenvalue weighted by atomic mass is 35.5. The van der Waals surface area contributed by atoms with Gasteiger partial charge in [0.05, 0.1) is 7.11 Å². The van der Waals surface area contributed by atoms with Crippen molar-refractivity contribution in [2.75, 3.05) is 43.5 Å². The third kappa shape index (κ3) is 7.78. The lowest BCUT2D eigenvalue weighted by Gasteiger charge is -2.33. The number of piperidine rings is 1. The summed E-state index contributed by atoms with van der Waals surface area (Å²) in [6.07, 6.45) is 1.41. The van der Waals surface area contributed by atoms with Crippen LogP contribution in [-0.2, 0) is 0 Å². The molecule has 0 spiro atoms. The number of Topliss-reactive ketones (excluding diaryl/α,β-unsaturated/α-hetero) is 1. The van der Waals surface area contributed by atoms with Crippen LogP contribution in [0.25, 0.3) is 0 Å². The Morgan fingerprint density at radius 2 is 1.64 bits per heavy atom. The highest BCUT2D eigenvalue weighted by Gasteiger charge is 2.27. The molecule has 3 amide bonds. The minimum atomic E-state index is -0.676. The highest BCUT2D eigenvalue weighted by Crippen LogP contribution is 2.25. The molecule has 8 nitrogen and oxygen atoms in total. The first-order valence-electron chi connectivity index (χ1n) is 12.5. The predicted molar refractivity (Wildman–Crippen MR) is 151 cm³/mol. The largest absolute Gasteiger partial charge is 0.497 e. The Kier molecular flexibility index (Phi) is 10.4. The molecule has 10 heteroatoms. The number of ether oxygens (including phenoxy) is 1. The van der Waals surface area contributed by atoms with E-state index >= 15 is 0 Å². The van der Waals surface area contributed by atoms with Crippen LogP contribution in [0.5, 0.6) is 5.75 Å². The van der Waals surface area contributed by atoms with Gasteiger partial charge in [-0.2, -0.15) is 0 Å². The second-order valence-electron chi connectivity index (χ2n) is 9.21. The van der Waals surface area contributed by atoms with Gasteiger partial charge in [0.25, 0.3) is 5.91 Å². The maximum absolute atomic E-state index is 13.6. The van der Waals surface area contributed by atoms with E-state index in [1.54, 1.807) is 36.3 Å². The lowest BCUT2D eigenvalue weighted by Crippen LogP contribution is -2.42. The molecule has 206 valence electrons. The summed E-state index contributed by atoms with van der Waals surface area (Å²) in [6.45, 7) is 2.52. The number of rotatable bonds is 9. The van der Waals surface area contributed by atoms with Gasteiger partial charge in [-0.05, 0) is 86.6 Å². The van der Waals surface area contributed by atoms with Crippen molar-refractivity contribution >= 4 is 41.5 Å². The number of primary amides is 1. The van der Waals surface area contributed by atoms with E-state index in [0.717, 1.165) is 13.1 Å². The lowest BCUT2D eigenvalue weighted by molar-refractivity contribution is 0.0841. The van der Waals surface area contributed by atoms with Crippen LogP contribution in [0.4, 0.5) is 20.6 Å². The summed E-state index contributed by atoms with van der Waals surface area (Å²) in [5.74, 6) is 0.0453. The predicted octanol–water partition coefficient (Wildman–Crippen LogP) is 4.99. The Hall–Kier alpha value is -3.95. The number of hydrogen-bond acceptors (Lipinski definition) is 5. The molecule has 1 aliphatic rings. The van der Waals surface area contributed by atoms with Crippen molar-refractivity contribution in [1.82, 2.24) is 4.90 Å². The molecule has 1 aliphatic heterocycles. The van der Waals surface area contributed by atoms with Gasteiger partial charge in [0, 0.05) is 47.6 Å². The summed E-state index contributed by atoms with van der Waals surface area (Å²) >= 11 is 0. The molecule has 1 heterocycles. The van der Waals surface area contributed by atoms with E-state index in [1.807, 2.05) is 24.3 Å². The molecule has 0 radical (unpaired) electrons. The first-order valence-corrected chi connectivity index (χ1v) is 12.5. The molecule has 3 aromatic rings. The van der Waals surface area contributed by atoms with Gasteiger partial charge in [-0.1, -0.05) is 6.07 Å². The Labute approximate surface area is 233 Å². The molecular formula is C29H32ClFN4O4. The Morgan fingerprint density at radius 3 is 2.26 bits per heavy atom. The smallest absolute Gasteiger partial charge is 0.316 e. The number of nitrogens with zero attached hydrogens (tertiary/aromatic N) is 2. The second-order valence-corrected chi connectivity index (χ2v) is 9.21. The van der Waals surface area contributed by atoms with E-state index in [4.69, 9.17) is 10.5 Å². The van der Waals surface area contributed by atoms with Crippen molar-refractivity contribution in [1.29, 1.82) is 0 Å². The number of amides is 3. The number of ketones is 1. The molecule has 0 aliphatic carbocycles. The summed E-state index contributed by atoms with van der Waals surface area (Å²) in [5, 5.41) is 2.49. The van der Waals surface area contributed by atoms with Crippen LogP contribution in [0, 0.1) is 11.7 Å². The molecule has 1 saturated heterocycles. The van der Waals surface area contributed by atoms with Gasteiger partial charge in [-0.25, -0.2) is 9.18 Å². The second kappa shape index (κ2) is 13.7. The van der Waals surface area contributed by atoms with Gasteiger partial charge in [0.1, 0.15) is 11.6 Å². The lowest BCUT2D eigenvalue weighted by atomic mass is 9.89. The van der Waals surface area contributed by atoms with E-state index < -0.39 is 6.03 Å². The third-order valence-electron chi connectivity index (χ3n) is 6.74. The quantitative estimate of drug-likeness (QED) is 0.363. The van der Waals surface area contributed by atoms with Gasteiger partial charge in [0.2, 0.25) is 0 Å². The van der Waals surface area contributed by atoms with Crippen molar-refractivity contribution in [2.45, 2.75) is 12.8 Å². The third-order valence-corrected chi connectivity index (χ3v) is 6.74. The molecular weight excluding hydrogens is 523 g/mol. The Morgan fingerprint density at radius 1 is 1.00 bits per heavy atom. The van der Waals surface area contributed by atoms with Crippen LogP contribution >= 0.6 is 12.4 Å². The molecule has 4 rings (SSSR count). The number of hydrogen-bond donors (Lipinski definition) is 2. The minimum absolute atomic E-state index is 0. The zero-order chi connectivity index (χ0) is 27.1. The highest BCUT2D eigenvalue weighted by molar-refractivity contribution is 6.06. The van der Waals surface area contributed by atoms with Crippen LogP contribution < -0.4 is 20.7 Å². The molecule has 39 heavy (non-hydrogen) atoms. The van der Waals surface area contributed by atoms with Crippen molar-refractivity contribution < 1.29 is 23.5 Å². The maximum Gasteiger partial charge on any atom is 0.316 e. The monoisotopic (exact) mass is 554 g/mol. The Balaban J connectivity index is 0.00000420. The van der Waals surface area contributed by atoms with Gasteiger partial charge < -0.3 is 25.6 Å². The summed E-state index contributed by atoms with van der Waals surface area (Å²) in [6, 6.07) is 18.9. The summed E-state index contributed by atoms with van der Waals surface area (Å²) in [5.41, 5.74) is 7.38. The topological polar surface area (TPSA) is 105 Å². The molecule has 3 aromatic carbocycles. The van der Waals surface area contributed by atoms with E-state index in [1.165, 1.54) is 24.3 Å². The first-order chi connectivity index (χ1) is 18.3. The van der Waals surface area contributed by atoms with Crippen LogP contribution in [0.2, 0.25) is 0 Å². The number of likely N-dealkylation sites (tertiary alicyclic amines) is 1. The zero-order valence-electron chi connectivity index (χ0n) is 21.6. The summed E-state index contributed by atoms with van der Waals surface area (Å²) < 4.78 is 18.6. The van der Waals surface area contributed by atoms with Crippen LogP contribution in [0.15, 0.2) is 72.8 Å². The number of methoxy groups -OCH3 is 1. The number of carbonyl (C=O) groups excluding carboxylic acids is 3. The molecule has 0 unspecified atom stereocenters. The van der Waals surface area contributed by atoms with E-state index in [0.29, 0.717) is 54.2 Å². The minimum Gasteiger partial charge on any atom is -0.497 e. The fraction of sp³-hybridized carbons (Fsp3) is 0.276. The number of nitrogens with two attached hydrogens (primary N) is 1. The first kappa shape index (κ1) is 29.6. The average Bonchev–Trinajstić information content (AvgIpc) is 2.93. The molecule has 0 saturated carbocycles. The van der Waals surface area contributed by atoms with Crippen LogP contribution in [0.3, 0.4) is 0 Å². The average molecular weight is 555 g/mol. The van der Waals surface area contributed by atoms with Gasteiger partial charge in [-0.3, -0.25) is 9.59 Å². The van der Waals surface area contributed by atoms with Gasteiger partial charge in [0.15, 0.2) is 5.78 Å². The van der Waals surface area contributed by atoms with Crippen molar-refractivity contribution in [3.8, 4) is 5.75 Å². The van der Waals surface area contributed by atoms with E-state index in [2.05, 4.69) is 10.2 Å². The fourth-order valence-electron chi connectivity index (χ4n) is 4.63. The van der Waals surface area contributed by atoms with Gasteiger partial charge in [-0.15, -0.1) is 12.4 Å². The van der Waals surface area contributed by atoms with Crippen molar-refractivity contribution in [2.24, 2.45) is 11.7 Å². The number of benzene rings is 3. The Bertz CT molecular complexity index is 1280. The zero-order valence-corrected chi connectivity index (χ0v) is 22.5. The molecule has 0 atom stereocenters. The number of halogens is 2. The number of urea groups is 1. The van der Waals surface area contributed by atoms with E-state index in [-0.39, 0.29) is 35.8 Å². The van der Waals surface area contributed by atoms with Crippen molar-refractivity contribution in [3.63, 3.8) is 0 Å². The number of nitrogens with one attached hydrogen (secondary N) is 1. The SMILES string of the molecule is COc1cccc(N(CCN2CCC(C(=O)c3ccc(F)cc3)CC2)C(=O)c2ccc(NC(N)=O)cc2)c1.Cl.